The first-order chi connectivity index (χ1) is 19.0. The van der Waals surface area contributed by atoms with E-state index in [4.69, 9.17) is 4.74 Å². The Labute approximate surface area is 238 Å². The van der Waals surface area contributed by atoms with Crippen LogP contribution in [0.3, 0.4) is 0 Å². The number of carbonyl (C=O) groups excluding carboxylic acids is 2. The molecule has 0 spiro atoms. The van der Waals surface area contributed by atoms with Crippen LogP contribution in [0.2, 0.25) is 0 Å². The molecule has 3 rings (SSSR count). The second-order valence-electron chi connectivity index (χ2n) is 10.1. The van der Waals surface area contributed by atoms with E-state index < -0.39 is 28.5 Å². The van der Waals surface area contributed by atoms with Gasteiger partial charge in [-0.05, 0) is 81.6 Å². The van der Waals surface area contributed by atoms with E-state index in [2.05, 4.69) is 5.32 Å². The molecule has 1 N–H and O–H groups in total. The highest BCUT2D eigenvalue weighted by Gasteiger charge is 2.34. The van der Waals surface area contributed by atoms with Crippen molar-refractivity contribution in [3.8, 4) is 5.75 Å². The Morgan fingerprint density at radius 2 is 1.60 bits per heavy atom. The Morgan fingerprint density at radius 1 is 0.925 bits per heavy atom. The standard InChI is InChI=1S/C31H39N3O5S/c1-7-29(31(36)32-22(2)3)33(20-25-11-9-13-27(19-25)39-6)30(35)21-34(26-12-8-10-24(5)18-26)40(37,38)28-16-14-23(4)15-17-28/h8-19,22,29H,7,20-21H2,1-6H3,(H,32,36)/t29-/m0/s1. The van der Waals surface area contributed by atoms with Crippen molar-refractivity contribution < 1.29 is 22.7 Å². The third-order valence-corrected chi connectivity index (χ3v) is 8.27. The number of sulfonamides is 1. The lowest BCUT2D eigenvalue weighted by Crippen LogP contribution is -2.53. The molecule has 8 nitrogen and oxygen atoms in total. The van der Waals surface area contributed by atoms with E-state index in [1.165, 1.54) is 17.0 Å². The van der Waals surface area contributed by atoms with Crippen LogP contribution in [-0.4, -0.2) is 50.9 Å². The summed E-state index contributed by atoms with van der Waals surface area (Å²) in [5, 5.41) is 2.90. The van der Waals surface area contributed by atoms with Gasteiger partial charge in [-0.2, -0.15) is 0 Å². The third-order valence-electron chi connectivity index (χ3n) is 6.48. The maximum Gasteiger partial charge on any atom is 0.264 e. The molecule has 0 aromatic heterocycles. The number of hydrogen-bond donors (Lipinski definition) is 1. The number of hydrogen-bond acceptors (Lipinski definition) is 5. The zero-order valence-corrected chi connectivity index (χ0v) is 24.9. The molecule has 0 radical (unpaired) electrons. The predicted octanol–water partition coefficient (Wildman–Crippen LogP) is 4.84. The summed E-state index contributed by atoms with van der Waals surface area (Å²) in [6, 6.07) is 19.9. The minimum Gasteiger partial charge on any atom is -0.497 e. The second kappa shape index (κ2) is 13.5. The maximum atomic E-state index is 14.1. The van der Waals surface area contributed by atoms with Gasteiger partial charge in [0.2, 0.25) is 11.8 Å². The Hall–Kier alpha value is -3.85. The molecule has 0 aliphatic rings. The number of rotatable bonds is 12. The van der Waals surface area contributed by atoms with Gasteiger partial charge in [0.25, 0.3) is 10.0 Å². The Balaban J connectivity index is 2.07. The summed E-state index contributed by atoms with van der Waals surface area (Å²) in [5.41, 5.74) is 2.90. The molecule has 0 aliphatic carbocycles. The predicted molar refractivity (Wildman–Crippen MR) is 158 cm³/mol. The van der Waals surface area contributed by atoms with Crippen molar-refractivity contribution in [2.75, 3.05) is 18.0 Å². The van der Waals surface area contributed by atoms with E-state index in [0.29, 0.717) is 17.9 Å². The normalized spacial score (nSPS) is 12.1. The fraction of sp³-hybridized carbons (Fsp3) is 0.355. The second-order valence-corrected chi connectivity index (χ2v) is 12.0. The monoisotopic (exact) mass is 565 g/mol. The number of carbonyl (C=O) groups is 2. The molecule has 0 fully saturated rings. The number of benzene rings is 3. The number of amides is 2. The quantitative estimate of drug-likeness (QED) is 0.339. The summed E-state index contributed by atoms with van der Waals surface area (Å²) in [7, 11) is -2.55. The van der Waals surface area contributed by atoms with Crippen LogP contribution in [0.5, 0.6) is 5.75 Å². The molecule has 3 aromatic carbocycles. The summed E-state index contributed by atoms with van der Waals surface area (Å²) >= 11 is 0. The minimum absolute atomic E-state index is 0.0799. The van der Waals surface area contributed by atoms with Gasteiger partial charge in [-0.1, -0.05) is 48.9 Å². The average molecular weight is 566 g/mol. The molecule has 0 bridgehead atoms. The highest BCUT2D eigenvalue weighted by molar-refractivity contribution is 7.92. The van der Waals surface area contributed by atoms with E-state index in [1.807, 2.05) is 52.8 Å². The summed E-state index contributed by atoms with van der Waals surface area (Å²) in [4.78, 5) is 28.9. The SMILES string of the molecule is CC[C@@H](C(=O)NC(C)C)N(Cc1cccc(OC)c1)C(=O)CN(c1cccc(C)c1)S(=O)(=O)c1ccc(C)cc1. The van der Waals surface area contributed by atoms with Gasteiger partial charge in [0, 0.05) is 12.6 Å². The van der Waals surface area contributed by atoms with Crippen LogP contribution in [0.4, 0.5) is 5.69 Å². The molecule has 0 aliphatic heterocycles. The maximum absolute atomic E-state index is 14.1. The average Bonchev–Trinajstić information content (AvgIpc) is 2.91. The summed E-state index contributed by atoms with van der Waals surface area (Å²) in [6.45, 7) is 8.90. The first-order valence-corrected chi connectivity index (χ1v) is 14.8. The van der Waals surface area contributed by atoms with Crippen molar-refractivity contribution in [3.63, 3.8) is 0 Å². The number of methoxy groups -OCH3 is 1. The Morgan fingerprint density at radius 3 is 2.20 bits per heavy atom. The van der Waals surface area contributed by atoms with Crippen molar-refractivity contribution >= 4 is 27.5 Å². The molecule has 0 heterocycles. The lowest BCUT2D eigenvalue weighted by molar-refractivity contribution is -0.140. The van der Waals surface area contributed by atoms with Crippen molar-refractivity contribution in [1.29, 1.82) is 0 Å². The van der Waals surface area contributed by atoms with Gasteiger partial charge in [-0.15, -0.1) is 0 Å². The summed E-state index contributed by atoms with van der Waals surface area (Å²) < 4.78 is 34.3. The molecule has 0 saturated heterocycles. The van der Waals surface area contributed by atoms with Gasteiger partial charge in [0.05, 0.1) is 17.7 Å². The molecule has 0 saturated carbocycles. The van der Waals surface area contributed by atoms with Crippen LogP contribution in [0.1, 0.15) is 43.9 Å². The van der Waals surface area contributed by atoms with Crippen molar-refractivity contribution in [3.05, 3.63) is 89.5 Å². The number of nitrogens with zero attached hydrogens (tertiary/aromatic N) is 2. The summed E-state index contributed by atoms with van der Waals surface area (Å²) in [6.07, 6.45) is 0.351. The van der Waals surface area contributed by atoms with Gasteiger partial charge in [-0.25, -0.2) is 8.42 Å². The molecule has 3 aromatic rings. The smallest absolute Gasteiger partial charge is 0.264 e. The van der Waals surface area contributed by atoms with Gasteiger partial charge in [0.1, 0.15) is 18.3 Å². The van der Waals surface area contributed by atoms with Crippen molar-refractivity contribution in [1.82, 2.24) is 10.2 Å². The van der Waals surface area contributed by atoms with E-state index in [1.54, 1.807) is 49.6 Å². The van der Waals surface area contributed by atoms with E-state index >= 15 is 0 Å². The zero-order valence-electron chi connectivity index (χ0n) is 24.0. The third kappa shape index (κ3) is 7.63. The van der Waals surface area contributed by atoms with Gasteiger partial charge in [0.15, 0.2) is 0 Å². The zero-order chi connectivity index (χ0) is 29.4. The number of ether oxygens (including phenoxy) is 1. The number of nitrogens with one attached hydrogen (secondary N) is 1. The topological polar surface area (TPSA) is 96.0 Å². The molecule has 0 unspecified atom stereocenters. The first-order valence-electron chi connectivity index (χ1n) is 13.3. The van der Waals surface area contributed by atoms with Gasteiger partial charge >= 0.3 is 0 Å². The fourth-order valence-electron chi connectivity index (χ4n) is 4.42. The van der Waals surface area contributed by atoms with Gasteiger partial charge in [-0.3, -0.25) is 13.9 Å². The van der Waals surface area contributed by atoms with E-state index in [0.717, 1.165) is 21.0 Å². The molecular weight excluding hydrogens is 526 g/mol. The Bertz CT molecular complexity index is 1420. The number of anilines is 1. The number of aryl methyl sites for hydroxylation is 2. The highest BCUT2D eigenvalue weighted by atomic mass is 32.2. The lowest BCUT2D eigenvalue weighted by Gasteiger charge is -2.33. The van der Waals surface area contributed by atoms with Crippen LogP contribution < -0.4 is 14.4 Å². The van der Waals surface area contributed by atoms with Crippen LogP contribution >= 0.6 is 0 Å². The molecule has 40 heavy (non-hydrogen) atoms. The van der Waals surface area contributed by atoms with Crippen LogP contribution in [0.15, 0.2) is 77.7 Å². The molecule has 9 heteroatoms. The van der Waals surface area contributed by atoms with E-state index in [-0.39, 0.29) is 23.4 Å². The molecular formula is C31H39N3O5S. The van der Waals surface area contributed by atoms with Gasteiger partial charge < -0.3 is 15.0 Å². The highest BCUT2D eigenvalue weighted by Crippen LogP contribution is 2.26. The Kier molecular flexibility index (Phi) is 10.3. The molecule has 1 atom stereocenters. The molecule has 2 amide bonds. The van der Waals surface area contributed by atoms with Crippen LogP contribution in [0, 0.1) is 13.8 Å². The first kappa shape index (κ1) is 30.7. The van der Waals surface area contributed by atoms with Crippen LogP contribution in [0.25, 0.3) is 0 Å². The van der Waals surface area contributed by atoms with Crippen molar-refractivity contribution in [2.24, 2.45) is 0 Å². The largest absolute Gasteiger partial charge is 0.497 e. The fourth-order valence-corrected chi connectivity index (χ4v) is 5.82. The summed E-state index contributed by atoms with van der Waals surface area (Å²) in [5.74, 6) is -0.170. The molecule has 214 valence electrons. The minimum atomic E-state index is -4.11. The van der Waals surface area contributed by atoms with E-state index in [9.17, 15) is 18.0 Å². The van der Waals surface area contributed by atoms with Crippen LogP contribution in [-0.2, 0) is 26.2 Å². The lowest BCUT2D eigenvalue weighted by atomic mass is 10.1. The van der Waals surface area contributed by atoms with Crippen molar-refractivity contribution in [2.45, 2.75) is 64.6 Å².